The molecule has 4 aromatic rings. The van der Waals surface area contributed by atoms with Crippen LogP contribution in [0.3, 0.4) is 0 Å². The third kappa shape index (κ3) is 3.54. The summed E-state index contributed by atoms with van der Waals surface area (Å²) in [7, 11) is 1.26. The highest BCUT2D eigenvalue weighted by Crippen LogP contribution is 2.29. The van der Waals surface area contributed by atoms with Crippen molar-refractivity contribution in [2.24, 2.45) is 7.05 Å². The minimum Gasteiger partial charge on any atom is -0.321 e. The van der Waals surface area contributed by atoms with Gasteiger partial charge in [0.05, 0.1) is 11.1 Å². The number of halogens is 3. The lowest BCUT2D eigenvalue weighted by Crippen LogP contribution is -2.16. The number of hydrogen-bond donors (Lipinski definition) is 2. The van der Waals surface area contributed by atoms with E-state index in [1.807, 2.05) is 0 Å². The lowest BCUT2D eigenvalue weighted by Gasteiger charge is -2.08. The zero-order valence-electron chi connectivity index (χ0n) is 15.5. The van der Waals surface area contributed by atoms with Crippen molar-refractivity contribution < 1.29 is 18.0 Å². The van der Waals surface area contributed by atoms with E-state index in [4.69, 9.17) is 0 Å². The Bertz CT molecular complexity index is 1310. The molecule has 0 unspecified atom stereocenters. The number of benzene rings is 2. The number of alkyl halides is 3. The van der Waals surface area contributed by atoms with Gasteiger partial charge in [0.25, 0.3) is 11.5 Å². The van der Waals surface area contributed by atoms with Gasteiger partial charge in [0.1, 0.15) is 5.69 Å². The largest absolute Gasteiger partial charge is 0.435 e. The predicted molar refractivity (Wildman–Crippen MR) is 104 cm³/mol. The third-order valence-electron chi connectivity index (χ3n) is 4.52. The molecule has 2 aromatic heterocycles. The number of aromatic nitrogens is 4. The molecule has 2 N–H and O–H groups in total. The first-order valence-corrected chi connectivity index (χ1v) is 8.74. The van der Waals surface area contributed by atoms with Gasteiger partial charge in [0.2, 0.25) is 0 Å². The summed E-state index contributed by atoms with van der Waals surface area (Å²) in [5.74, 6) is -0.721. The van der Waals surface area contributed by atoms with E-state index in [1.54, 1.807) is 48.5 Å². The number of nitrogens with zero attached hydrogens (tertiary/aromatic N) is 3. The van der Waals surface area contributed by atoms with Crippen molar-refractivity contribution in [3.8, 4) is 11.3 Å². The first-order chi connectivity index (χ1) is 14.2. The molecule has 4 rings (SSSR count). The number of fused-ring (bicyclic) bond motifs is 1. The molecule has 30 heavy (non-hydrogen) atoms. The van der Waals surface area contributed by atoms with Gasteiger partial charge in [-0.15, -0.1) is 0 Å². The Balaban J connectivity index is 1.60. The van der Waals surface area contributed by atoms with Crippen LogP contribution in [0.5, 0.6) is 0 Å². The average Bonchev–Trinajstić information content (AvgIpc) is 3.12. The summed E-state index contributed by atoms with van der Waals surface area (Å²) in [6, 6.07) is 14.3. The van der Waals surface area contributed by atoms with Gasteiger partial charge in [-0.05, 0) is 18.2 Å². The standard InChI is InChI=1S/C20H14F3N5O2/c1-28-15(10-16(27-28)20(21,22)23)19(30)24-12-8-6-11(7-9-12)17-13-4-2-3-5-14(13)18(29)26-25-17/h2-10H,1H3,(H,24,30)(H,26,29). The first-order valence-electron chi connectivity index (χ1n) is 8.74. The van der Waals surface area contributed by atoms with E-state index in [1.165, 1.54) is 7.05 Å². The molecule has 0 bridgehead atoms. The summed E-state index contributed by atoms with van der Waals surface area (Å²) in [5, 5.41) is 13.6. The molecule has 0 aliphatic rings. The molecular weight excluding hydrogens is 399 g/mol. The molecule has 2 aromatic carbocycles. The van der Waals surface area contributed by atoms with Gasteiger partial charge in [0.15, 0.2) is 5.69 Å². The summed E-state index contributed by atoms with van der Waals surface area (Å²) in [6.07, 6.45) is -4.63. The summed E-state index contributed by atoms with van der Waals surface area (Å²) < 4.78 is 39.2. The maximum Gasteiger partial charge on any atom is 0.435 e. The highest BCUT2D eigenvalue weighted by atomic mass is 19.4. The molecule has 0 aliphatic heterocycles. The van der Waals surface area contributed by atoms with Crippen molar-refractivity contribution in [1.82, 2.24) is 20.0 Å². The van der Waals surface area contributed by atoms with Gasteiger partial charge in [-0.25, -0.2) is 5.10 Å². The monoisotopic (exact) mass is 413 g/mol. The Morgan fingerprint density at radius 3 is 2.37 bits per heavy atom. The highest BCUT2D eigenvalue weighted by molar-refractivity contribution is 6.03. The van der Waals surface area contributed by atoms with Crippen LogP contribution in [0.1, 0.15) is 16.2 Å². The predicted octanol–water partition coefficient (Wildman–Crippen LogP) is 3.59. The summed E-state index contributed by atoms with van der Waals surface area (Å²) in [4.78, 5) is 24.3. The molecule has 1 amide bonds. The Morgan fingerprint density at radius 1 is 1.07 bits per heavy atom. The number of hydrogen-bond acceptors (Lipinski definition) is 4. The number of aryl methyl sites for hydroxylation is 1. The summed E-state index contributed by atoms with van der Waals surface area (Å²) >= 11 is 0. The molecule has 0 atom stereocenters. The van der Waals surface area contributed by atoms with Crippen molar-refractivity contribution in [1.29, 1.82) is 0 Å². The van der Waals surface area contributed by atoms with Crippen molar-refractivity contribution in [3.63, 3.8) is 0 Å². The molecular formula is C20H14F3N5O2. The highest BCUT2D eigenvalue weighted by Gasteiger charge is 2.35. The second-order valence-corrected chi connectivity index (χ2v) is 6.51. The Hall–Kier alpha value is -3.95. The first kappa shape index (κ1) is 19.4. The van der Waals surface area contributed by atoms with E-state index in [2.05, 4.69) is 20.6 Å². The van der Waals surface area contributed by atoms with E-state index in [9.17, 15) is 22.8 Å². The summed E-state index contributed by atoms with van der Waals surface area (Å²) in [6.45, 7) is 0. The topological polar surface area (TPSA) is 92.7 Å². The van der Waals surface area contributed by atoms with Crippen LogP contribution in [0.25, 0.3) is 22.0 Å². The smallest absolute Gasteiger partial charge is 0.321 e. The van der Waals surface area contributed by atoms with E-state index in [0.717, 1.165) is 4.68 Å². The molecule has 2 heterocycles. The number of nitrogens with one attached hydrogen (secondary N) is 2. The third-order valence-corrected chi connectivity index (χ3v) is 4.52. The molecule has 152 valence electrons. The van der Waals surface area contributed by atoms with Crippen LogP contribution in [0.2, 0.25) is 0 Å². The molecule has 0 aliphatic carbocycles. The lowest BCUT2D eigenvalue weighted by atomic mass is 10.0. The van der Waals surface area contributed by atoms with Gasteiger partial charge < -0.3 is 5.32 Å². The Labute approximate surface area is 167 Å². The minimum absolute atomic E-state index is 0.223. The number of H-pyrrole nitrogens is 1. The Kier molecular flexibility index (Phi) is 4.61. The molecule has 10 heteroatoms. The van der Waals surface area contributed by atoms with E-state index >= 15 is 0 Å². The maximum atomic E-state index is 12.8. The molecule has 0 radical (unpaired) electrons. The number of aromatic amines is 1. The zero-order chi connectivity index (χ0) is 21.5. The number of carbonyl (C=O) groups is 1. The van der Waals surface area contributed by atoms with E-state index in [-0.39, 0.29) is 11.3 Å². The van der Waals surface area contributed by atoms with Crippen LogP contribution in [0.15, 0.2) is 59.4 Å². The average molecular weight is 413 g/mol. The van der Waals surface area contributed by atoms with E-state index in [0.29, 0.717) is 33.8 Å². The SMILES string of the molecule is Cn1nc(C(F)(F)F)cc1C(=O)Nc1ccc(-c2n[nH]c(=O)c3ccccc23)cc1. The fraction of sp³-hybridized carbons (Fsp3) is 0.100. The van der Waals surface area contributed by atoms with Gasteiger partial charge in [-0.3, -0.25) is 14.3 Å². The minimum atomic E-state index is -4.63. The van der Waals surface area contributed by atoms with Gasteiger partial charge >= 0.3 is 6.18 Å². The fourth-order valence-corrected chi connectivity index (χ4v) is 3.06. The van der Waals surface area contributed by atoms with Crippen LogP contribution in [0, 0.1) is 0 Å². The van der Waals surface area contributed by atoms with Crippen molar-refractivity contribution in [2.75, 3.05) is 5.32 Å². The van der Waals surface area contributed by atoms with E-state index < -0.39 is 17.8 Å². The fourth-order valence-electron chi connectivity index (χ4n) is 3.06. The second-order valence-electron chi connectivity index (χ2n) is 6.51. The zero-order valence-corrected chi connectivity index (χ0v) is 15.5. The van der Waals surface area contributed by atoms with Gasteiger partial charge in [0, 0.05) is 29.8 Å². The van der Waals surface area contributed by atoms with Crippen molar-refractivity contribution in [3.05, 3.63) is 76.3 Å². The molecule has 0 fully saturated rings. The van der Waals surface area contributed by atoms with Gasteiger partial charge in [-0.2, -0.15) is 23.4 Å². The molecule has 0 saturated heterocycles. The molecule has 0 spiro atoms. The quantitative estimate of drug-likeness (QED) is 0.537. The van der Waals surface area contributed by atoms with Crippen molar-refractivity contribution in [2.45, 2.75) is 6.18 Å². The molecule has 0 saturated carbocycles. The van der Waals surface area contributed by atoms with Crippen LogP contribution in [0.4, 0.5) is 18.9 Å². The van der Waals surface area contributed by atoms with Crippen LogP contribution in [-0.4, -0.2) is 25.9 Å². The van der Waals surface area contributed by atoms with Crippen LogP contribution in [-0.2, 0) is 13.2 Å². The van der Waals surface area contributed by atoms with Crippen molar-refractivity contribution >= 4 is 22.4 Å². The van der Waals surface area contributed by atoms with Crippen LogP contribution >= 0.6 is 0 Å². The summed E-state index contributed by atoms with van der Waals surface area (Å²) in [5.41, 5.74) is -0.0223. The maximum absolute atomic E-state index is 12.8. The Morgan fingerprint density at radius 2 is 1.73 bits per heavy atom. The lowest BCUT2D eigenvalue weighted by molar-refractivity contribution is -0.141. The second kappa shape index (κ2) is 7.14. The number of carbonyl (C=O) groups excluding carboxylic acids is 1. The number of rotatable bonds is 3. The molecule has 7 nitrogen and oxygen atoms in total. The number of anilines is 1. The van der Waals surface area contributed by atoms with Crippen LogP contribution < -0.4 is 10.9 Å². The van der Waals surface area contributed by atoms with Gasteiger partial charge in [-0.1, -0.05) is 30.3 Å². The normalized spacial score (nSPS) is 11.6. The number of amides is 1.